The highest BCUT2D eigenvalue weighted by Gasteiger charge is 2.40. The van der Waals surface area contributed by atoms with Gasteiger partial charge < -0.3 is 9.47 Å². The lowest BCUT2D eigenvalue weighted by atomic mass is 10.3. The van der Waals surface area contributed by atoms with Gasteiger partial charge in [-0.25, -0.2) is 28.1 Å². The molecule has 204 valence electrons. The summed E-state index contributed by atoms with van der Waals surface area (Å²) in [4.78, 5) is 0. The molecule has 6 heterocycles. The van der Waals surface area contributed by atoms with Crippen LogP contribution in [0.1, 0.15) is 0 Å². The van der Waals surface area contributed by atoms with Crippen molar-refractivity contribution in [3.05, 3.63) is 123 Å². The van der Waals surface area contributed by atoms with Gasteiger partial charge in [0.1, 0.15) is 13.2 Å². The Hall–Kier alpha value is -5.08. The van der Waals surface area contributed by atoms with E-state index in [-0.39, 0.29) is 13.2 Å². The minimum atomic E-state index is -0.947. The Morgan fingerprint density at radius 3 is 0.875 bits per heavy atom. The van der Waals surface area contributed by atoms with Gasteiger partial charge in [0.2, 0.25) is 0 Å². The molecule has 0 spiro atoms. The van der Waals surface area contributed by atoms with Crippen LogP contribution in [0.25, 0.3) is 0 Å². The first-order valence-electron chi connectivity index (χ1n) is 12.7. The first kappa shape index (κ1) is 25.2. The van der Waals surface area contributed by atoms with Gasteiger partial charge in [0.15, 0.2) is 0 Å². The van der Waals surface area contributed by atoms with E-state index < -0.39 is 11.6 Å². The molecule has 0 saturated carbocycles. The molecule has 0 aliphatic carbocycles. The summed E-state index contributed by atoms with van der Waals surface area (Å²) in [5.41, 5.74) is 0. The van der Waals surface area contributed by atoms with E-state index in [9.17, 15) is 0 Å². The summed E-state index contributed by atoms with van der Waals surface area (Å²) in [6, 6.07) is 11.1. The lowest BCUT2D eigenvalue weighted by molar-refractivity contribution is -0.00359. The van der Waals surface area contributed by atoms with Crippen LogP contribution in [0.3, 0.4) is 0 Å². The van der Waals surface area contributed by atoms with Crippen LogP contribution in [-0.4, -0.2) is 85.1 Å². The zero-order chi connectivity index (χ0) is 27.1. The Bertz CT molecular complexity index is 1250. The Labute approximate surface area is 229 Å². The van der Waals surface area contributed by atoms with Crippen molar-refractivity contribution in [3.63, 3.8) is 0 Å². The van der Waals surface area contributed by atoms with E-state index in [1.165, 1.54) is 0 Å². The molecule has 0 bridgehead atoms. The van der Waals surface area contributed by atoms with Gasteiger partial charge in [0, 0.05) is 74.4 Å². The predicted molar refractivity (Wildman–Crippen MR) is 142 cm³/mol. The average Bonchev–Trinajstić information content (AvgIpc) is 3.84. The second kappa shape index (κ2) is 11.3. The van der Waals surface area contributed by atoms with E-state index in [2.05, 4.69) is 30.6 Å². The fraction of sp³-hybridized carbons (Fsp3) is 0.231. The van der Waals surface area contributed by atoms with Gasteiger partial charge in [-0.2, -0.15) is 30.6 Å². The summed E-state index contributed by atoms with van der Waals surface area (Å²) in [6.45, 7) is 1.14. The van der Waals surface area contributed by atoms with Crippen LogP contribution in [0, 0.1) is 0 Å². The minimum absolute atomic E-state index is 0.226. The van der Waals surface area contributed by atoms with Crippen molar-refractivity contribution >= 4 is 0 Å². The molecule has 0 radical (unpaired) electrons. The van der Waals surface area contributed by atoms with Crippen molar-refractivity contribution in [3.8, 4) is 0 Å². The Morgan fingerprint density at radius 2 is 0.675 bits per heavy atom. The molecule has 0 aliphatic heterocycles. The third kappa shape index (κ3) is 4.54. The van der Waals surface area contributed by atoms with Gasteiger partial charge in [-0.3, -0.25) is 0 Å². The molecular weight excluding hydrogens is 512 g/mol. The van der Waals surface area contributed by atoms with E-state index in [1.54, 1.807) is 65.3 Å². The minimum Gasteiger partial charge on any atom is -0.371 e. The first-order valence-corrected chi connectivity index (χ1v) is 12.7. The number of rotatable bonds is 14. The summed E-state index contributed by atoms with van der Waals surface area (Å²) in [6.07, 6.45) is 25.3. The van der Waals surface area contributed by atoms with Gasteiger partial charge in [0.05, 0.1) is 13.2 Å². The molecular formula is C26H28N12O2. The van der Waals surface area contributed by atoms with Crippen LogP contribution in [0.15, 0.2) is 123 Å². The van der Waals surface area contributed by atoms with Gasteiger partial charge in [-0.1, -0.05) is 12.2 Å². The number of aromatic nitrogens is 12. The number of ether oxygens (including phenoxy) is 2. The maximum absolute atomic E-state index is 6.13. The molecule has 0 N–H and O–H groups in total. The fourth-order valence-corrected chi connectivity index (χ4v) is 4.57. The van der Waals surface area contributed by atoms with Crippen molar-refractivity contribution in [2.24, 2.45) is 0 Å². The van der Waals surface area contributed by atoms with Crippen molar-refractivity contribution in [2.75, 3.05) is 26.4 Å². The van der Waals surface area contributed by atoms with E-state index in [1.807, 2.05) is 85.7 Å². The molecule has 0 atom stereocenters. The third-order valence-electron chi connectivity index (χ3n) is 6.41. The lowest BCUT2D eigenvalue weighted by Crippen LogP contribution is -2.52. The molecule has 40 heavy (non-hydrogen) atoms. The van der Waals surface area contributed by atoms with Crippen molar-refractivity contribution in [1.82, 2.24) is 58.7 Å². The monoisotopic (exact) mass is 540 g/mol. The van der Waals surface area contributed by atoms with E-state index in [0.717, 1.165) is 0 Å². The molecule has 0 unspecified atom stereocenters. The topological polar surface area (TPSA) is 125 Å². The second-order valence-electron chi connectivity index (χ2n) is 8.75. The zero-order valence-electron chi connectivity index (χ0n) is 21.6. The summed E-state index contributed by atoms with van der Waals surface area (Å²) in [5.74, 6) is -1.89. The third-order valence-corrected chi connectivity index (χ3v) is 6.41. The van der Waals surface area contributed by atoms with Gasteiger partial charge in [0.25, 0.3) is 11.6 Å². The molecule has 0 aromatic carbocycles. The average molecular weight is 541 g/mol. The molecule has 0 aliphatic rings. The Balaban J connectivity index is 1.12. The smallest absolute Gasteiger partial charge is 0.273 e. The second-order valence-corrected chi connectivity index (χ2v) is 8.75. The van der Waals surface area contributed by atoms with Gasteiger partial charge in [-0.05, 0) is 36.4 Å². The SMILES string of the molecule is C(=C\COCC(n1cccn1)(n1cccn1)n1cccn1)/COCC(n1cccn1)(n1cccn1)n1cccn1. The quantitative estimate of drug-likeness (QED) is 0.151. The van der Waals surface area contributed by atoms with Crippen molar-refractivity contribution in [1.29, 1.82) is 0 Å². The zero-order valence-corrected chi connectivity index (χ0v) is 21.6. The molecule has 0 saturated heterocycles. The van der Waals surface area contributed by atoms with Crippen LogP contribution in [0.2, 0.25) is 0 Å². The highest BCUT2D eigenvalue weighted by atomic mass is 16.5. The maximum Gasteiger partial charge on any atom is 0.273 e. The number of hydrogen-bond acceptors (Lipinski definition) is 8. The van der Waals surface area contributed by atoms with Gasteiger partial charge >= 0.3 is 0 Å². The van der Waals surface area contributed by atoms with Crippen molar-refractivity contribution < 1.29 is 9.47 Å². The molecule has 0 amide bonds. The summed E-state index contributed by atoms with van der Waals surface area (Å²) in [5, 5.41) is 26.9. The summed E-state index contributed by atoms with van der Waals surface area (Å²) in [7, 11) is 0. The standard InChI is InChI=1S/C26H28N12O2/c1(21-39-23-25(33-15-3-9-27-33,34-16-4-10-28-34)35-17-5-11-29-35)2-22-40-24-26(36-18-6-12-30-36,37-19-7-13-31-37)38-20-8-14-32-38/h1-20H,21-24H2/b2-1+. The summed E-state index contributed by atoms with van der Waals surface area (Å²) < 4.78 is 22.9. The van der Waals surface area contributed by atoms with Gasteiger partial charge in [-0.15, -0.1) is 0 Å². The highest BCUT2D eigenvalue weighted by Crippen LogP contribution is 2.22. The predicted octanol–water partition coefficient (Wildman–Crippen LogP) is 1.57. The Kier molecular flexibility index (Phi) is 7.15. The molecule has 6 rings (SSSR count). The molecule has 6 aromatic rings. The first-order chi connectivity index (χ1) is 19.8. The van der Waals surface area contributed by atoms with Crippen LogP contribution in [0.5, 0.6) is 0 Å². The van der Waals surface area contributed by atoms with E-state index in [4.69, 9.17) is 9.47 Å². The largest absolute Gasteiger partial charge is 0.371 e. The maximum atomic E-state index is 6.13. The Morgan fingerprint density at radius 1 is 0.425 bits per heavy atom. The molecule has 0 fully saturated rings. The normalized spacial score (nSPS) is 12.5. The van der Waals surface area contributed by atoms with Crippen LogP contribution < -0.4 is 0 Å². The van der Waals surface area contributed by atoms with Crippen LogP contribution in [0.4, 0.5) is 0 Å². The highest BCUT2D eigenvalue weighted by molar-refractivity contribution is 4.99. The number of nitrogens with zero attached hydrogens (tertiary/aromatic N) is 12. The molecule has 14 heteroatoms. The number of hydrogen-bond donors (Lipinski definition) is 0. The van der Waals surface area contributed by atoms with E-state index >= 15 is 0 Å². The van der Waals surface area contributed by atoms with E-state index in [0.29, 0.717) is 13.2 Å². The molecule has 6 aromatic heterocycles. The van der Waals surface area contributed by atoms with Crippen molar-refractivity contribution in [2.45, 2.75) is 11.6 Å². The van der Waals surface area contributed by atoms with Crippen LogP contribution in [-0.2, 0) is 21.0 Å². The fourth-order valence-electron chi connectivity index (χ4n) is 4.57. The van der Waals surface area contributed by atoms with Crippen LogP contribution >= 0.6 is 0 Å². The molecule has 14 nitrogen and oxygen atoms in total. The lowest BCUT2D eigenvalue weighted by Gasteiger charge is -2.34. The summed E-state index contributed by atoms with van der Waals surface area (Å²) >= 11 is 0.